The number of hydrazone groups is 1. The van der Waals surface area contributed by atoms with E-state index in [-0.39, 0.29) is 12.2 Å². The Morgan fingerprint density at radius 3 is 2.75 bits per heavy atom. The molecule has 2 rings (SSSR count). The van der Waals surface area contributed by atoms with E-state index in [1.807, 2.05) is 22.6 Å². The van der Waals surface area contributed by atoms with Crippen molar-refractivity contribution in [1.82, 2.24) is 5.43 Å². The molecule has 5 nitrogen and oxygen atoms in total. The minimum absolute atomic E-state index is 0.0762. The Labute approximate surface area is 173 Å². The van der Waals surface area contributed by atoms with Crippen molar-refractivity contribution in [2.45, 2.75) is 6.18 Å². The van der Waals surface area contributed by atoms with E-state index in [2.05, 4.69) is 16.4 Å². The van der Waals surface area contributed by atoms with Crippen LogP contribution >= 0.6 is 22.6 Å². The number of amides is 1. The van der Waals surface area contributed by atoms with E-state index in [1.165, 1.54) is 19.4 Å². The second-order valence-corrected chi connectivity index (χ2v) is 6.47. The molecule has 0 aliphatic rings. The average molecular weight is 502 g/mol. The molecule has 9 heteroatoms. The van der Waals surface area contributed by atoms with Crippen LogP contribution in [0.1, 0.15) is 21.5 Å². The molecule has 2 aromatic rings. The monoisotopic (exact) mass is 502 g/mol. The zero-order chi connectivity index (χ0) is 20.7. The van der Waals surface area contributed by atoms with Crippen LogP contribution in [-0.4, -0.2) is 25.8 Å². The molecule has 0 aromatic heterocycles. The topological polar surface area (TPSA) is 59.9 Å². The number of alkyl halides is 3. The SMILES string of the molecule is C#CCOc1c(I)cc(/C=N/NC(=O)c2cccc(C(F)(F)F)c2)cc1OC. The van der Waals surface area contributed by atoms with E-state index in [0.29, 0.717) is 20.6 Å². The van der Waals surface area contributed by atoms with Gasteiger partial charge >= 0.3 is 6.18 Å². The minimum Gasteiger partial charge on any atom is -0.493 e. The molecule has 146 valence electrons. The number of nitrogens with one attached hydrogen (secondary N) is 1. The van der Waals surface area contributed by atoms with E-state index < -0.39 is 17.6 Å². The van der Waals surface area contributed by atoms with Gasteiger partial charge in [-0.2, -0.15) is 18.3 Å². The first kappa shape index (κ1) is 21.6. The van der Waals surface area contributed by atoms with Crippen molar-refractivity contribution in [2.24, 2.45) is 5.10 Å². The summed E-state index contributed by atoms with van der Waals surface area (Å²) in [5.41, 5.74) is 1.71. The van der Waals surface area contributed by atoms with Gasteiger partial charge in [-0.15, -0.1) is 6.42 Å². The Kier molecular flexibility index (Phi) is 7.28. The molecule has 1 N–H and O–H groups in total. The first-order valence-electron chi connectivity index (χ1n) is 7.70. The molecule has 0 atom stereocenters. The van der Waals surface area contributed by atoms with Gasteiger partial charge in [0.05, 0.1) is 22.5 Å². The number of ether oxygens (including phenoxy) is 2. The van der Waals surface area contributed by atoms with Crippen molar-refractivity contribution in [3.63, 3.8) is 0 Å². The number of rotatable bonds is 6. The summed E-state index contributed by atoms with van der Waals surface area (Å²) in [4.78, 5) is 12.0. The van der Waals surface area contributed by atoms with E-state index >= 15 is 0 Å². The number of carbonyl (C=O) groups excluding carboxylic acids is 1. The van der Waals surface area contributed by atoms with E-state index in [4.69, 9.17) is 15.9 Å². The van der Waals surface area contributed by atoms with E-state index in [1.54, 1.807) is 12.1 Å². The van der Waals surface area contributed by atoms with Crippen molar-refractivity contribution < 1.29 is 27.4 Å². The predicted molar refractivity (Wildman–Crippen MR) is 107 cm³/mol. The lowest BCUT2D eigenvalue weighted by Gasteiger charge is -2.11. The Morgan fingerprint density at radius 2 is 2.11 bits per heavy atom. The third kappa shape index (κ3) is 5.63. The maximum absolute atomic E-state index is 12.7. The van der Waals surface area contributed by atoms with Crippen LogP contribution in [0.3, 0.4) is 0 Å². The van der Waals surface area contributed by atoms with Gasteiger partial charge in [0, 0.05) is 5.56 Å². The third-order valence-electron chi connectivity index (χ3n) is 3.38. The maximum Gasteiger partial charge on any atom is 0.416 e. The summed E-state index contributed by atoms with van der Waals surface area (Å²) in [6.07, 6.45) is 1.98. The van der Waals surface area contributed by atoms with Gasteiger partial charge in [-0.05, 0) is 58.5 Å². The van der Waals surface area contributed by atoms with Crippen molar-refractivity contribution in [2.75, 3.05) is 13.7 Å². The standard InChI is InChI=1S/C19H14F3IN2O3/c1-3-7-28-17-15(23)8-12(9-16(17)27-2)11-24-25-18(26)13-5-4-6-14(10-13)19(20,21)22/h1,4-6,8-11H,7H2,2H3,(H,25,26)/b24-11+. The summed E-state index contributed by atoms with van der Waals surface area (Å²) >= 11 is 2.03. The van der Waals surface area contributed by atoms with Gasteiger partial charge in [-0.3, -0.25) is 4.79 Å². The number of halogens is 4. The summed E-state index contributed by atoms with van der Waals surface area (Å²) in [5.74, 6) is 2.50. The summed E-state index contributed by atoms with van der Waals surface area (Å²) in [7, 11) is 1.46. The Bertz CT molecular complexity index is 937. The summed E-state index contributed by atoms with van der Waals surface area (Å²) in [5, 5.41) is 3.78. The lowest BCUT2D eigenvalue weighted by atomic mass is 10.1. The first-order valence-corrected chi connectivity index (χ1v) is 8.78. The predicted octanol–water partition coefficient (Wildman–Crippen LogP) is 4.09. The molecule has 0 aliphatic carbocycles. The van der Waals surface area contributed by atoms with Gasteiger partial charge in [0.1, 0.15) is 6.61 Å². The van der Waals surface area contributed by atoms with Crippen molar-refractivity contribution in [1.29, 1.82) is 0 Å². The van der Waals surface area contributed by atoms with Gasteiger partial charge in [0.15, 0.2) is 11.5 Å². The largest absolute Gasteiger partial charge is 0.493 e. The molecule has 28 heavy (non-hydrogen) atoms. The second-order valence-electron chi connectivity index (χ2n) is 5.30. The quantitative estimate of drug-likeness (QED) is 0.280. The Morgan fingerprint density at radius 1 is 1.36 bits per heavy atom. The smallest absolute Gasteiger partial charge is 0.416 e. The highest BCUT2D eigenvalue weighted by atomic mass is 127. The molecular formula is C19H14F3IN2O3. The van der Waals surface area contributed by atoms with Gasteiger partial charge in [-0.1, -0.05) is 12.0 Å². The number of benzene rings is 2. The van der Waals surface area contributed by atoms with Gasteiger partial charge in [-0.25, -0.2) is 5.43 Å². The Hall–Kier alpha value is -2.74. The molecule has 0 radical (unpaired) electrons. The highest BCUT2D eigenvalue weighted by Crippen LogP contribution is 2.33. The molecule has 0 fully saturated rings. The van der Waals surface area contributed by atoms with Crippen molar-refractivity contribution in [3.8, 4) is 23.8 Å². The normalized spacial score (nSPS) is 11.1. The molecular weight excluding hydrogens is 488 g/mol. The number of hydrogen-bond donors (Lipinski definition) is 1. The number of terminal acetylenes is 1. The fraction of sp³-hybridized carbons (Fsp3) is 0.158. The zero-order valence-corrected chi connectivity index (χ0v) is 16.7. The van der Waals surface area contributed by atoms with Crippen molar-refractivity contribution in [3.05, 3.63) is 56.7 Å². The van der Waals surface area contributed by atoms with Crippen LogP contribution in [0, 0.1) is 15.9 Å². The molecule has 0 saturated carbocycles. The molecule has 1 amide bonds. The molecule has 0 saturated heterocycles. The van der Waals surface area contributed by atoms with Gasteiger partial charge in [0.25, 0.3) is 5.91 Å². The van der Waals surface area contributed by atoms with Crippen LogP contribution in [0.25, 0.3) is 0 Å². The number of hydrogen-bond acceptors (Lipinski definition) is 4. The third-order valence-corrected chi connectivity index (χ3v) is 4.18. The summed E-state index contributed by atoms with van der Waals surface area (Å²) < 4.78 is 49.6. The van der Waals surface area contributed by atoms with Crippen LogP contribution in [-0.2, 0) is 6.18 Å². The molecule has 0 spiro atoms. The molecule has 0 bridgehead atoms. The first-order chi connectivity index (χ1) is 13.3. The Balaban J connectivity index is 2.13. The molecule has 0 unspecified atom stereocenters. The maximum atomic E-state index is 12.7. The number of nitrogens with zero attached hydrogens (tertiary/aromatic N) is 1. The zero-order valence-electron chi connectivity index (χ0n) is 14.5. The number of carbonyl (C=O) groups is 1. The lowest BCUT2D eigenvalue weighted by molar-refractivity contribution is -0.137. The van der Waals surface area contributed by atoms with E-state index in [0.717, 1.165) is 18.2 Å². The van der Waals surface area contributed by atoms with Gasteiger partial charge in [0.2, 0.25) is 0 Å². The molecule has 0 aliphatic heterocycles. The summed E-state index contributed by atoms with van der Waals surface area (Å²) in [6, 6.07) is 7.41. The van der Waals surface area contributed by atoms with Gasteiger partial charge < -0.3 is 9.47 Å². The fourth-order valence-corrected chi connectivity index (χ4v) is 2.92. The highest BCUT2D eigenvalue weighted by molar-refractivity contribution is 14.1. The molecule has 2 aromatic carbocycles. The van der Waals surface area contributed by atoms with Crippen molar-refractivity contribution >= 4 is 34.7 Å². The lowest BCUT2D eigenvalue weighted by Crippen LogP contribution is -2.18. The van der Waals surface area contributed by atoms with Crippen LogP contribution in [0.15, 0.2) is 41.5 Å². The highest BCUT2D eigenvalue weighted by Gasteiger charge is 2.30. The van der Waals surface area contributed by atoms with Crippen LogP contribution in [0.2, 0.25) is 0 Å². The second kappa shape index (κ2) is 9.45. The van der Waals surface area contributed by atoms with Crippen LogP contribution < -0.4 is 14.9 Å². The van der Waals surface area contributed by atoms with Crippen LogP contribution in [0.4, 0.5) is 13.2 Å². The number of methoxy groups -OCH3 is 1. The molecule has 0 heterocycles. The summed E-state index contributed by atoms with van der Waals surface area (Å²) in [6.45, 7) is 0.0762. The van der Waals surface area contributed by atoms with Crippen LogP contribution in [0.5, 0.6) is 11.5 Å². The average Bonchev–Trinajstić information content (AvgIpc) is 2.66. The van der Waals surface area contributed by atoms with E-state index in [9.17, 15) is 18.0 Å². The fourth-order valence-electron chi connectivity index (χ4n) is 2.13. The minimum atomic E-state index is -4.53.